The van der Waals surface area contributed by atoms with Gasteiger partial charge in [0.25, 0.3) is 0 Å². The summed E-state index contributed by atoms with van der Waals surface area (Å²) in [6.07, 6.45) is 3.53. The summed E-state index contributed by atoms with van der Waals surface area (Å²) in [5.41, 5.74) is 1.44. The number of amides is 2. The van der Waals surface area contributed by atoms with E-state index in [1.54, 1.807) is 36.4 Å². The van der Waals surface area contributed by atoms with Gasteiger partial charge < -0.3 is 10.1 Å². The van der Waals surface area contributed by atoms with Crippen LogP contribution in [-0.2, 0) is 19.1 Å². The van der Waals surface area contributed by atoms with E-state index in [0.717, 1.165) is 5.56 Å². The molecule has 2 aromatic rings. The molecule has 0 aliphatic carbocycles. The average Bonchev–Trinajstić information content (AvgIpc) is 2.69. The van der Waals surface area contributed by atoms with Crippen LogP contribution in [0.2, 0.25) is 0 Å². The summed E-state index contributed by atoms with van der Waals surface area (Å²) in [6.45, 7) is 0. The van der Waals surface area contributed by atoms with E-state index < -0.39 is 29.9 Å². The summed E-state index contributed by atoms with van der Waals surface area (Å²) in [6, 6.07) is 16.5. The number of esters is 1. The van der Waals surface area contributed by atoms with Gasteiger partial charge in [-0.2, -0.15) is 0 Å². The third kappa shape index (κ3) is 3.49. The highest BCUT2D eigenvalue weighted by Crippen LogP contribution is 2.24. The van der Waals surface area contributed by atoms with Gasteiger partial charge >= 0.3 is 17.8 Å². The molecule has 2 atom stereocenters. The maximum atomic E-state index is 12.5. The second-order valence-electron chi connectivity index (χ2n) is 5.75. The number of methoxy groups -OCH3 is 1. The Kier molecular flexibility index (Phi) is 5.12. The quantitative estimate of drug-likeness (QED) is 0.674. The van der Waals surface area contributed by atoms with E-state index in [-0.39, 0.29) is 0 Å². The van der Waals surface area contributed by atoms with Crippen LogP contribution < -0.4 is 10.2 Å². The van der Waals surface area contributed by atoms with Crippen LogP contribution in [-0.4, -0.2) is 37.0 Å². The minimum absolute atomic E-state index is 0.531. The lowest BCUT2D eigenvalue weighted by Crippen LogP contribution is -2.65. The van der Waals surface area contributed by atoms with Crippen LogP contribution in [0.15, 0.2) is 66.7 Å². The maximum Gasteiger partial charge on any atom is 0.330 e. The Morgan fingerprint density at radius 1 is 1.04 bits per heavy atom. The zero-order valence-electron chi connectivity index (χ0n) is 14.2. The molecule has 1 aliphatic rings. The van der Waals surface area contributed by atoms with E-state index in [0.29, 0.717) is 5.69 Å². The van der Waals surface area contributed by atoms with Crippen molar-refractivity contribution in [3.05, 3.63) is 72.3 Å². The zero-order chi connectivity index (χ0) is 18.5. The standard InChI is InChI=1S/C20H18N2O4/c1-26-20(25)17-16(13-12-14-8-4-2-5-9-14)22(19(24)18(23)21-17)15-10-6-3-7-11-15/h2-13,16-17H,1H3,(H,21,23)/b13-12+/t16-,17+/m1/s1. The number of para-hydroxylation sites is 1. The van der Waals surface area contributed by atoms with Gasteiger partial charge in [-0.15, -0.1) is 0 Å². The molecule has 132 valence electrons. The Balaban J connectivity index is 2.04. The monoisotopic (exact) mass is 350 g/mol. The van der Waals surface area contributed by atoms with E-state index in [2.05, 4.69) is 5.32 Å². The summed E-state index contributed by atoms with van der Waals surface area (Å²) in [5.74, 6) is -2.18. The van der Waals surface area contributed by atoms with Crippen LogP contribution in [0.5, 0.6) is 0 Å². The van der Waals surface area contributed by atoms with Gasteiger partial charge in [0.15, 0.2) is 6.04 Å². The molecule has 6 heteroatoms. The smallest absolute Gasteiger partial charge is 0.330 e. The highest BCUT2D eigenvalue weighted by molar-refractivity contribution is 6.42. The van der Waals surface area contributed by atoms with Crippen molar-refractivity contribution < 1.29 is 19.1 Å². The highest BCUT2D eigenvalue weighted by Gasteiger charge is 2.44. The largest absolute Gasteiger partial charge is 0.467 e. The molecule has 0 unspecified atom stereocenters. The predicted molar refractivity (Wildman–Crippen MR) is 97.1 cm³/mol. The number of carbonyl (C=O) groups excluding carboxylic acids is 3. The van der Waals surface area contributed by atoms with E-state index in [1.807, 2.05) is 36.4 Å². The van der Waals surface area contributed by atoms with Gasteiger partial charge in [-0.25, -0.2) is 4.79 Å². The van der Waals surface area contributed by atoms with Crippen LogP contribution >= 0.6 is 0 Å². The topological polar surface area (TPSA) is 75.7 Å². The first kappa shape index (κ1) is 17.4. The van der Waals surface area contributed by atoms with Crippen molar-refractivity contribution in [1.29, 1.82) is 0 Å². The molecule has 2 aromatic carbocycles. The van der Waals surface area contributed by atoms with Crippen molar-refractivity contribution in [2.45, 2.75) is 12.1 Å². The second-order valence-corrected chi connectivity index (χ2v) is 5.75. The van der Waals surface area contributed by atoms with Crippen LogP contribution in [0.4, 0.5) is 5.69 Å². The molecule has 1 saturated heterocycles. The Bertz CT molecular complexity index is 833. The first-order chi connectivity index (χ1) is 12.6. The van der Waals surface area contributed by atoms with Crippen LogP contribution in [0.25, 0.3) is 6.08 Å². The molecule has 0 bridgehead atoms. The molecule has 0 saturated carbocycles. The molecule has 1 fully saturated rings. The number of nitrogens with zero attached hydrogens (tertiary/aromatic N) is 1. The summed E-state index contributed by atoms with van der Waals surface area (Å²) in [5, 5.41) is 2.45. The Labute approximate surface area is 151 Å². The normalized spacial score (nSPS) is 20.1. The summed E-state index contributed by atoms with van der Waals surface area (Å²) >= 11 is 0. The number of benzene rings is 2. The van der Waals surface area contributed by atoms with E-state index in [9.17, 15) is 14.4 Å². The molecule has 0 aromatic heterocycles. The number of piperazine rings is 1. The second kappa shape index (κ2) is 7.65. The van der Waals surface area contributed by atoms with E-state index in [4.69, 9.17) is 4.74 Å². The van der Waals surface area contributed by atoms with Crippen LogP contribution in [0.1, 0.15) is 5.56 Å². The summed E-state index contributed by atoms with van der Waals surface area (Å²) in [7, 11) is 1.25. The van der Waals surface area contributed by atoms with Crippen molar-refractivity contribution >= 4 is 29.5 Å². The van der Waals surface area contributed by atoms with Crippen LogP contribution in [0.3, 0.4) is 0 Å². The van der Waals surface area contributed by atoms with Gasteiger partial charge in [0, 0.05) is 5.69 Å². The van der Waals surface area contributed by atoms with Crippen molar-refractivity contribution in [1.82, 2.24) is 5.32 Å². The van der Waals surface area contributed by atoms with Crippen molar-refractivity contribution in [2.75, 3.05) is 12.0 Å². The number of hydrogen-bond acceptors (Lipinski definition) is 4. The lowest BCUT2D eigenvalue weighted by molar-refractivity contribution is -0.149. The molecule has 0 spiro atoms. The third-order valence-electron chi connectivity index (χ3n) is 4.11. The first-order valence-electron chi connectivity index (χ1n) is 8.12. The molecule has 1 heterocycles. The third-order valence-corrected chi connectivity index (χ3v) is 4.11. The predicted octanol–water partition coefficient (Wildman–Crippen LogP) is 1.77. The Morgan fingerprint density at radius 2 is 1.65 bits per heavy atom. The molecule has 0 radical (unpaired) electrons. The molecular weight excluding hydrogens is 332 g/mol. The molecule has 1 aliphatic heterocycles. The van der Waals surface area contributed by atoms with Gasteiger partial charge in [0.05, 0.1) is 13.2 Å². The molecular formula is C20H18N2O4. The lowest BCUT2D eigenvalue weighted by atomic mass is 10.00. The van der Waals surface area contributed by atoms with Crippen molar-refractivity contribution in [2.24, 2.45) is 0 Å². The number of nitrogens with one attached hydrogen (secondary N) is 1. The highest BCUT2D eigenvalue weighted by atomic mass is 16.5. The molecule has 3 rings (SSSR count). The SMILES string of the molecule is COC(=O)[C@H]1NC(=O)C(=O)N(c2ccccc2)[C@@H]1/C=C/c1ccccc1. The zero-order valence-corrected chi connectivity index (χ0v) is 14.2. The number of hydrogen-bond donors (Lipinski definition) is 1. The average molecular weight is 350 g/mol. The summed E-state index contributed by atoms with van der Waals surface area (Å²) < 4.78 is 4.81. The molecule has 26 heavy (non-hydrogen) atoms. The van der Waals surface area contributed by atoms with E-state index in [1.165, 1.54) is 12.0 Å². The number of anilines is 1. The number of ether oxygens (including phenoxy) is 1. The minimum Gasteiger partial charge on any atom is -0.467 e. The maximum absolute atomic E-state index is 12.5. The number of carbonyl (C=O) groups is 3. The Hall–Kier alpha value is -3.41. The van der Waals surface area contributed by atoms with E-state index >= 15 is 0 Å². The fourth-order valence-electron chi connectivity index (χ4n) is 2.86. The Morgan fingerprint density at radius 3 is 2.27 bits per heavy atom. The lowest BCUT2D eigenvalue weighted by Gasteiger charge is -2.38. The fourth-order valence-corrected chi connectivity index (χ4v) is 2.86. The minimum atomic E-state index is -0.995. The molecule has 2 amide bonds. The van der Waals surface area contributed by atoms with Gasteiger partial charge in [-0.05, 0) is 17.7 Å². The number of rotatable bonds is 4. The van der Waals surface area contributed by atoms with Gasteiger partial charge in [0.2, 0.25) is 0 Å². The fraction of sp³-hybridized carbons (Fsp3) is 0.150. The van der Waals surface area contributed by atoms with Gasteiger partial charge in [-0.3, -0.25) is 14.5 Å². The van der Waals surface area contributed by atoms with Crippen LogP contribution in [0, 0.1) is 0 Å². The van der Waals surface area contributed by atoms with Crippen molar-refractivity contribution in [3.8, 4) is 0 Å². The van der Waals surface area contributed by atoms with Crippen molar-refractivity contribution in [3.63, 3.8) is 0 Å². The molecule has 6 nitrogen and oxygen atoms in total. The van der Waals surface area contributed by atoms with Gasteiger partial charge in [-0.1, -0.05) is 60.7 Å². The van der Waals surface area contributed by atoms with Gasteiger partial charge in [0.1, 0.15) is 0 Å². The first-order valence-corrected chi connectivity index (χ1v) is 8.12. The summed E-state index contributed by atoms with van der Waals surface area (Å²) in [4.78, 5) is 38.2. The molecule has 1 N–H and O–H groups in total.